The van der Waals surface area contributed by atoms with E-state index in [-0.39, 0.29) is 6.42 Å². The number of alkyl carbamates (subject to hydrolysis) is 1. The fraction of sp³-hybridized carbons (Fsp3) is 0.545. The van der Waals surface area contributed by atoms with Crippen LogP contribution in [0.1, 0.15) is 46.1 Å². The lowest BCUT2D eigenvalue weighted by Gasteiger charge is -2.28. The smallest absolute Gasteiger partial charge is 0.408 e. The van der Waals surface area contributed by atoms with E-state index in [0.29, 0.717) is 19.4 Å². The number of carboxylic acid groups (broad SMARTS) is 1. The van der Waals surface area contributed by atoms with Crippen molar-refractivity contribution in [2.75, 3.05) is 6.54 Å². The van der Waals surface area contributed by atoms with Crippen molar-refractivity contribution in [2.45, 2.75) is 70.7 Å². The van der Waals surface area contributed by atoms with Crippen molar-refractivity contribution in [1.82, 2.24) is 15.5 Å². The fourth-order valence-electron chi connectivity index (χ4n) is 3.42. The van der Waals surface area contributed by atoms with Gasteiger partial charge in [-0.15, -0.1) is 0 Å². The van der Waals surface area contributed by atoms with Crippen LogP contribution in [-0.4, -0.2) is 64.2 Å². The molecule has 1 fully saturated rings. The summed E-state index contributed by atoms with van der Waals surface area (Å²) in [5, 5.41) is 14.6. The van der Waals surface area contributed by atoms with Crippen molar-refractivity contribution in [3.05, 3.63) is 35.9 Å². The maximum Gasteiger partial charge on any atom is 0.408 e. The van der Waals surface area contributed by atoms with E-state index in [1.807, 2.05) is 6.07 Å². The third-order valence-corrected chi connectivity index (χ3v) is 4.84. The van der Waals surface area contributed by atoms with Crippen LogP contribution in [-0.2, 0) is 25.5 Å². The zero-order valence-corrected chi connectivity index (χ0v) is 18.4. The lowest BCUT2D eigenvalue weighted by Crippen LogP contribution is -2.55. The maximum absolute atomic E-state index is 12.8. The van der Waals surface area contributed by atoms with Crippen LogP contribution in [0.25, 0.3) is 0 Å². The number of nitrogens with zero attached hydrogens (tertiary/aromatic N) is 1. The van der Waals surface area contributed by atoms with Crippen LogP contribution >= 0.6 is 0 Å². The predicted octanol–water partition coefficient (Wildman–Crippen LogP) is 1.70. The quantitative estimate of drug-likeness (QED) is 0.601. The Morgan fingerprint density at radius 1 is 1.16 bits per heavy atom. The van der Waals surface area contributed by atoms with Crippen LogP contribution in [0.5, 0.6) is 0 Å². The minimum absolute atomic E-state index is 0.138. The van der Waals surface area contributed by atoms with Crippen LogP contribution in [0, 0.1) is 0 Å². The van der Waals surface area contributed by atoms with Gasteiger partial charge in [-0.3, -0.25) is 9.59 Å². The summed E-state index contributed by atoms with van der Waals surface area (Å²) in [5.74, 6) is -2.08. The van der Waals surface area contributed by atoms with E-state index >= 15 is 0 Å². The molecule has 1 aromatic rings. The van der Waals surface area contributed by atoms with E-state index in [0.717, 1.165) is 5.56 Å². The molecule has 31 heavy (non-hydrogen) atoms. The van der Waals surface area contributed by atoms with Gasteiger partial charge in [-0.1, -0.05) is 30.3 Å². The molecule has 1 aliphatic rings. The Balaban J connectivity index is 2.00. The summed E-state index contributed by atoms with van der Waals surface area (Å²) >= 11 is 0. The van der Waals surface area contributed by atoms with E-state index in [1.165, 1.54) is 11.8 Å². The van der Waals surface area contributed by atoms with E-state index < -0.39 is 47.6 Å². The van der Waals surface area contributed by atoms with Crippen molar-refractivity contribution < 1.29 is 29.0 Å². The van der Waals surface area contributed by atoms with Gasteiger partial charge in [-0.05, 0) is 46.1 Å². The summed E-state index contributed by atoms with van der Waals surface area (Å²) in [6.07, 6.45) is 0.454. The largest absolute Gasteiger partial charge is 0.480 e. The van der Waals surface area contributed by atoms with Crippen molar-refractivity contribution >= 4 is 23.9 Å². The molecule has 2 rings (SSSR count). The van der Waals surface area contributed by atoms with Gasteiger partial charge in [0.2, 0.25) is 11.8 Å². The summed E-state index contributed by atoms with van der Waals surface area (Å²) in [7, 11) is 0. The molecule has 170 valence electrons. The van der Waals surface area contributed by atoms with Gasteiger partial charge in [0, 0.05) is 13.0 Å². The Hall–Kier alpha value is -3.10. The van der Waals surface area contributed by atoms with Gasteiger partial charge in [0.05, 0.1) is 0 Å². The molecule has 3 atom stereocenters. The molecule has 9 heteroatoms. The third kappa shape index (κ3) is 7.27. The summed E-state index contributed by atoms with van der Waals surface area (Å²) in [5.41, 5.74) is 0.0813. The number of rotatable bonds is 7. The Kier molecular flexibility index (Phi) is 8.01. The summed E-state index contributed by atoms with van der Waals surface area (Å²) < 4.78 is 5.17. The highest BCUT2D eigenvalue weighted by Gasteiger charge is 2.38. The normalized spacial score (nSPS) is 18.1. The summed E-state index contributed by atoms with van der Waals surface area (Å²) in [6.45, 7) is 7.03. The molecular formula is C22H31N3O6. The monoisotopic (exact) mass is 433 g/mol. The first-order valence-corrected chi connectivity index (χ1v) is 10.3. The SMILES string of the molecule is C[C@H](NC(=O)OC(C)(C)C)C(=O)N1CCC[C@H]1C(=O)N[C@@H](Cc1ccccc1)C(=O)O. The van der Waals surface area contributed by atoms with Gasteiger partial charge in [0.1, 0.15) is 23.7 Å². The second-order valence-corrected chi connectivity index (χ2v) is 8.65. The second-order valence-electron chi connectivity index (χ2n) is 8.65. The topological polar surface area (TPSA) is 125 Å². The highest BCUT2D eigenvalue weighted by molar-refractivity contribution is 5.93. The van der Waals surface area contributed by atoms with Crippen LogP contribution in [0.3, 0.4) is 0 Å². The lowest BCUT2D eigenvalue weighted by molar-refractivity contribution is -0.144. The molecule has 0 spiro atoms. The second kappa shape index (κ2) is 10.3. The van der Waals surface area contributed by atoms with Crippen molar-refractivity contribution in [1.29, 1.82) is 0 Å². The average molecular weight is 434 g/mol. The van der Waals surface area contributed by atoms with Crippen LogP contribution in [0.15, 0.2) is 30.3 Å². The first kappa shape index (κ1) is 24.2. The molecule has 0 aliphatic carbocycles. The van der Waals surface area contributed by atoms with Gasteiger partial charge >= 0.3 is 12.1 Å². The molecular weight excluding hydrogens is 402 g/mol. The van der Waals surface area contributed by atoms with Gasteiger partial charge in [0.15, 0.2) is 0 Å². The Morgan fingerprint density at radius 2 is 1.81 bits per heavy atom. The number of aliphatic carboxylic acids is 1. The Morgan fingerprint density at radius 3 is 2.39 bits per heavy atom. The van der Waals surface area contributed by atoms with Crippen molar-refractivity contribution in [2.24, 2.45) is 0 Å². The summed E-state index contributed by atoms with van der Waals surface area (Å²) in [4.78, 5) is 50.6. The zero-order chi connectivity index (χ0) is 23.2. The fourth-order valence-corrected chi connectivity index (χ4v) is 3.42. The number of hydrogen-bond donors (Lipinski definition) is 3. The van der Waals surface area contributed by atoms with Crippen LogP contribution in [0.4, 0.5) is 4.79 Å². The Bertz CT molecular complexity index is 805. The number of amides is 3. The number of benzene rings is 1. The molecule has 0 bridgehead atoms. The highest BCUT2D eigenvalue weighted by Crippen LogP contribution is 2.19. The van der Waals surface area contributed by atoms with Gasteiger partial charge < -0.3 is 25.4 Å². The molecule has 0 radical (unpaired) electrons. The van der Waals surface area contributed by atoms with E-state index in [2.05, 4.69) is 10.6 Å². The molecule has 1 aromatic carbocycles. The number of ether oxygens (including phenoxy) is 1. The average Bonchev–Trinajstić information content (AvgIpc) is 3.15. The molecule has 3 N–H and O–H groups in total. The molecule has 0 unspecified atom stereocenters. The number of carbonyl (C=O) groups is 4. The number of carboxylic acids is 1. The first-order chi connectivity index (χ1) is 14.5. The minimum Gasteiger partial charge on any atom is -0.480 e. The lowest BCUT2D eigenvalue weighted by atomic mass is 10.1. The zero-order valence-electron chi connectivity index (χ0n) is 18.4. The van der Waals surface area contributed by atoms with Gasteiger partial charge in [-0.2, -0.15) is 0 Å². The van der Waals surface area contributed by atoms with Crippen LogP contribution in [0.2, 0.25) is 0 Å². The number of nitrogens with one attached hydrogen (secondary N) is 2. The van der Waals surface area contributed by atoms with E-state index in [1.54, 1.807) is 45.0 Å². The number of hydrogen-bond acceptors (Lipinski definition) is 5. The minimum atomic E-state index is -1.15. The van der Waals surface area contributed by atoms with Crippen molar-refractivity contribution in [3.63, 3.8) is 0 Å². The number of likely N-dealkylation sites (tertiary alicyclic amines) is 1. The highest BCUT2D eigenvalue weighted by atomic mass is 16.6. The van der Waals surface area contributed by atoms with Gasteiger partial charge in [-0.25, -0.2) is 9.59 Å². The van der Waals surface area contributed by atoms with Crippen LogP contribution < -0.4 is 10.6 Å². The number of carbonyl (C=O) groups excluding carboxylic acids is 3. The Labute approximate surface area is 182 Å². The van der Waals surface area contributed by atoms with E-state index in [4.69, 9.17) is 4.74 Å². The molecule has 1 aliphatic heterocycles. The molecule has 9 nitrogen and oxygen atoms in total. The summed E-state index contributed by atoms with van der Waals surface area (Å²) in [6, 6.07) is 6.22. The van der Waals surface area contributed by atoms with Crippen molar-refractivity contribution in [3.8, 4) is 0 Å². The molecule has 1 heterocycles. The third-order valence-electron chi connectivity index (χ3n) is 4.84. The predicted molar refractivity (Wildman–Crippen MR) is 113 cm³/mol. The standard InChI is InChI=1S/C22H31N3O6/c1-14(23-21(30)31-22(2,3)4)19(27)25-12-8-11-17(25)18(26)24-16(20(28)29)13-15-9-6-5-7-10-15/h5-7,9-10,14,16-17H,8,11-13H2,1-4H3,(H,23,30)(H,24,26)(H,28,29)/t14-,16-,17-/m0/s1. The molecule has 1 saturated heterocycles. The van der Waals surface area contributed by atoms with Gasteiger partial charge in [0.25, 0.3) is 0 Å². The molecule has 0 aromatic heterocycles. The van der Waals surface area contributed by atoms with E-state index in [9.17, 15) is 24.3 Å². The maximum atomic E-state index is 12.8. The molecule has 3 amide bonds. The first-order valence-electron chi connectivity index (χ1n) is 10.3. The molecule has 0 saturated carbocycles.